The van der Waals surface area contributed by atoms with Crippen LogP contribution in [0.1, 0.15) is 13.3 Å². The van der Waals surface area contributed by atoms with E-state index in [0.717, 1.165) is 10.6 Å². The predicted octanol–water partition coefficient (Wildman–Crippen LogP) is 3.66. The molecular formula is C17H18ClFN2O3S. The number of sulfonamides is 1. The number of amides is 1. The number of benzene rings is 2. The maximum Gasteiger partial charge on any atom is 0.248 e. The second-order valence-corrected chi connectivity index (χ2v) is 7.73. The highest BCUT2D eigenvalue weighted by atomic mass is 35.5. The van der Waals surface area contributed by atoms with Crippen LogP contribution in [0.2, 0.25) is 5.02 Å². The third-order valence-corrected chi connectivity index (χ3v) is 4.94. The molecule has 0 unspecified atom stereocenters. The molecule has 0 aliphatic heterocycles. The first-order valence-electron chi connectivity index (χ1n) is 7.54. The molecule has 25 heavy (non-hydrogen) atoms. The fourth-order valence-electron chi connectivity index (χ4n) is 2.45. The first-order valence-corrected chi connectivity index (χ1v) is 9.77. The second kappa shape index (κ2) is 7.84. The number of para-hydroxylation sites is 1. The van der Waals surface area contributed by atoms with Gasteiger partial charge in [-0.25, -0.2) is 12.8 Å². The summed E-state index contributed by atoms with van der Waals surface area (Å²) < 4.78 is 39.4. The molecule has 2 aromatic carbocycles. The van der Waals surface area contributed by atoms with E-state index < -0.39 is 27.8 Å². The van der Waals surface area contributed by atoms with Gasteiger partial charge in [0, 0.05) is 5.02 Å². The van der Waals surface area contributed by atoms with Crippen molar-refractivity contribution < 1.29 is 17.6 Å². The average Bonchev–Trinajstić information content (AvgIpc) is 2.53. The lowest BCUT2D eigenvalue weighted by molar-refractivity contribution is -0.117. The van der Waals surface area contributed by atoms with Crippen LogP contribution in [0, 0.1) is 5.82 Å². The quantitative estimate of drug-likeness (QED) is 0.826. The highest BCUT2D eigenvalue weighted by Crippen LogP contribution is 2.26. The zero-order valence-electron chi connectivity index (χ0n) is 13.7. The fraction of sp³-hybridized carbons (Fsp3) is 0.235. The third kappa shape index (κ3) is 4.70. The Hall–Kier alpha value is -2.12. The molecule has 0 saturated carbocycles. The first-order chi connectivity index (χ1) is 11.7. The Balaban J connectivity index is 2.40. The topological polar surface area (TPSA) is 66.5 Å². The fourth-order valence-corrected chi connectivity index (χ4v) is 3.84. The number of carbonyl (C=O) groups is 1. The van der Waals surface area contributed by atoms with Gasteiger partial charge in [-0.3, -0.25) is 9.10 Å². The summed E-state index contributed by atoms with van der Waals surface area (Å²) >= 11 is 5.95. The van der Waals surface area contributed by atoms with Crippen molar-refractivity contribution in [3.63, 3.8) is 0 Å². The molecule has 5 nitrogen and oxygen atoms in total. The Morgan fingerprint density at radius 2 is 1.92 bits per heavy atom. The van der Waals surface area contributed by atoms with Crippen LogP contribution in [0.5, 0.6) is 0 Å². The van der Waals surface area contributed by atoms with Crippen molar-refractivity contribution in [2.45, 2.75) is 19.4 Å². The number of carbonyl (C=O) groups excluding carboxylic acids is 1. The Bertz CT molecular complexity index is 874. The molecule has 8 heteroatoms. The minimum absolute atomic E-state index is 0.00880. The SMILES string of the molecule is CC[C@@H](C(=O)Nc1ccccc1F)N(c1cccc(Cl)c1)S(C)(=O)=O. The molecule has 2 aromatic rings. The van der Waals surface area contributed by atoms with E-state index in [1.807, 2.05) is 0 Å². The van der Waals surface area contributed by atoms with E-state index in [1.165, 1.54) is 24.3 Å². The number of anilines is 2. The number of nitrogens with one attached hydrogen (secondary N) is 1. The molecule has 0 fully saturated rings. The van der Waals surface area contributed by atoms with E-state index in [1.54, 1.807) is 31.2 Å². The number of hydrogen-bond acceptors (Lipinski definition) is 3. The van der Waals surface area contributed by atoms with Gasteiger partial charge in [0.05, 0.1) is 17.6 Å². The maximum absolute atomic E-state index is 13.8. The number of nitrogens with zero attached hydrogens (tertiary/aromatic N) is 1. The standard InChI is InChI=1S/C17H18ClFN2O3S/c1-3-16(17(22)20-15-10-5-4-9-14(15)19)21(25(2,23)24)13-8-6-7-12(18)11-13/h4-11,16H,3H2,1-2H3,(H,20,22)/t16-/m0/s1. The van der Waals surface area contributed by atoms with Gasteiger partial charge in [-0.1, -0.05) is 36.7 Å². The Labute approximate surface area is 151 Å². The average molecular weight is 385 g/mol. The molecule has 2 rings (SSSR count). The number of rotatable bonds is 6. The van der Waals surface area contributed by atoms with E-state index in [4.69, 9.17) is 11.6 Å². The lowest BCUT2D eigenvalue weighted by atomic mass is 10.1. The van der Waals surface area contributed by atoms with Crippen molar-refractivity contribution in [1.82, 2.24) is 0 Å². The van der Waals surface area contributed by atoms with Gasteiger partial charge in [0.25, 0.3) is 0 Å². The van der Waals surface area contributed by atoms with E-state index in [-0.39, 0.29) is 17.8 Å². The van der Waals surface area contributed by atoms with Crippen molar-refractivity contribution in [1.29, 1.82) is 0 Å². The van der Waals surface area contributed by atoms with Crippen LogP contribution in [0.4, 0.5) is 15.8 Å². The van der Waals surface area contributed by atoms with E-state index in [9.17, 15) is 17.6 Å². The third-order valence-electron chi connectivity index (χ3n) is 3.52. The molecule has 0 saturated heterocycles. The molecule has 0 heterocycles. The minimum atomic E-state index is -3.77. The molecule has 0 bridgehead atoms. The van der Waals surface area contributed by atoms with Gasteiger partial charge in [-0.05, 0) is 36.8 Å². The molecule has 1 amide bonds. The molecule has 134 valence electrons. The number of halogens is 2. The van der Waals surface area contributed by atoms with E-state index in [0.29, 0.717) is 5.02 Å². The molecular weight excluding hydrogens is 367 g/mol. The second-order valence-electron chi connectivity index (χ2n) is 5.43. The Kier molecular flexibility index (Phi) is 6.02. The normalized spacial score (nSPS) is 12.5. The van der Waals surface area contributed by atoms with Gasteiger partial charge < -0.3 is 5.32 Å². The molecule has 0 radical (unpaired) electrons. The van der Waals surface area contributed by atoms with E-state index >= 15 is 0 Å². The molecule has 0 aliphatic rings. The van der Waals surface area contributed by atoms with Crippen LogP contribution < -0.4 is 9.62 Å². The van der Waals surface area contributed by atoms with Crippen LogP contribution in [-0.2, 0) is 14.8 Å². The lowest BCUT2D eigenvalue weighted by Gasteiger charge is -2.30. The Morgan fingerprint density at radius 3 is 2.48 bits per heavy atom. The maximum atomic E-state index is 13.8. The van der Waals surface area contributed by atoms with Gasteiger partial charge in [-0.15, -0.1) is 0 Å². The van der Waals surface area contributed by atoms with Crippen molar-refractivity contribution >= 4 is 38.9 Å². The monoisotopic (exact) mass is 384 g/mol. The summed E-state index contributed by atoms with van der Waals surface area (Å²) in [5, 5.41) is 2.79. The van der Waals surface area contributed by atoms with Crippen LogP contribution >= 0.6 is 11.6 Å². The van der Waals surface area contributed by atoms with Crippen molar-refractivity contribution in [2.24, 2.45) is 0 Å². The highest BCUT2D eigenvalue weighted by molar-refractivity contribution is 7.92. The molecule has 1 N–H and O–H groups in total. The van der Waals surface area contributed by atoms with Gasteiger partial charge in [0.2, 0.25) is 15.9 Å². The zero-order valence-corrected chi connectivity index (χ0v) is 15.3. The Morgan fingerprint density at radius 1 is 1.24 bits per heavy atom. The van der Waals surface area contributed by atoms with Crippen LogP contribution in [0.15, 0.2) is 48.5 Å². The smallest absolute Gasteiger partial charge is 0.248 e. The predicted molar refractivity (Wildman–Crippen MR) is 97.9 cm³/mol. The molecule has 0 aromatic heterocycles. The summed E-state index contributed by atoms with van der Waals surface area (Å²) in [5.41, 5.74) is 0.260. The summed E-state index contributed by atoms with van der Waals surface area (Å²) in [7, 11) is -3.77. The summed E-state index contributed by atoms with van der Waals surface area (Å²) in [5.74, 6) is -1.22. The van der Waals surface area contributed by atoms with Crippen molar-refractivity contribution in [3.05, 3.63) is 59.4 Å². The van der Waals surface area contributed by atoms with Gasteiger partial charge >= 0.3 is 0 Å². The molecule has 1 atom stereocenters. The van der Waals surface area contributed by atoms with Gasteiger partial charge in [0.1, 0.15) is 11.9 Å². The lowest BCUT2D eigenvalue weighted by Crippen LogP contribution is -2.47. The molecule has 0 spiro atoms. The van der Waals surface area contributed by atoms with Crippen LogP contribution in [0.3, 0.4) is 0 Å². The van der Waals surface area contributed by atoms with Gasteiger partial charge in [0.15, 0.2) is 0 Å². The van der Waals surface area contributed by atoms with Crippen LogP contribution in [-0.4, -0.2) is 26.6 Å². The summed E-state index contributed by atoms with van der Waals surface area (Å²) in [6.45, 7) is 1.67. The first kappa shape index (κ1) is 19.2. The largest absolute Gasteiger partial charge is 0.322 e. The highest BCUT2D eigenvalue weighted by Gasteiger charge is 2.31. The summed E-state index contributed by atoms with van der Waals surface area (Å²) in [4.78, 5) is 12.6. The van der Waals surface area contributed by atoms with Crippen molar-refractivity contribution in [3.8, 4) is 0 Å². The zero-order chi connectivity index (χ0) is 18.6. The molecule has 0 aliphatic carbocycles. The van der Waals surface area contributed by atoms with Crippen molar-refractivity contribution in [2.75, 3.05) is 15.9 Å². The minimum Gasteiger partial charge on any atom is -0.322 e. The van der Waals surface area contributed by atoms with Crippen LogP contribution in [0.25, 0.3) is 0 Å². The van der Waals surface area contributed by atoms with Gasteiger partial charge in [-0.2, -0.15) is 0 Å². The summed E-state index contributed by atoms with van der Waals surface area (Å²) in [6.07, 6.45) is 1.20. The van der Waals surface area contributed by atoms with E-state index in [2.05, 4.69) is 5.32 Å². The summed E-state index contributed by atoms with van der Waals surface area (Å²) in [6, 6.07) is 10.8. The number of hydrogen-bond donors (Lipinski definition) is 1.